The molecular weight excluding hydrogens is 364 g/mol. The van der Waals surface area contributed by atoms with E-state index in [1.165, 1.54) is 33.7 Å². The lowest BCUT2D eigenvalue weighted by molar-refractivity contribution is -0.130. The number of hydrogen-bond acceptors (Lipinski definition) is 3. The van der Waals surface area contributed by atoms with Gasteiger partial charge < -0.3 is 4.90 Å². The molecule has 0 bridgehead atoms. The fourth-order valence-electron chi connectivity index (χ4n) is 4.32. The number of nitrogens with zero attached hydrogens (tertiary/aromatic N) is 2. The highest BCUT2D eigenvalue weighted by Crippen LogP contribution is 2.31. The molecule has 0 spiro atoms. The van der Waals surface area contributed by atoms with Gasteiger partial charge in [0.1, 0.15) is 0 Å². The fraction of sp³-hybridized carbons (Fsp3) is 0.542. The van der Waals surface area contributed by atoms with Gasteiger partial charge in [0.2, 0.25) is 5.91 Å². The number of amides is 1. The third-order valence-corrected chi connectivity index (χ3v) is 7.20. The van der Waals surface area contributed by atoms with Crippen LogP contribution in [0.15, 0.2) is 36.4 Å². The number of carbonyl (C=O) groups excluding carboxylic acids is 1. The first kappa shape index (κ1) is 19.7. The number of aryl methyl sites for hydroxylation is 1. The molecule has 1 aliphatic carbocycles. The second kappa shape index (κ2) is 8.79. The molecule has 4 heteroatoms. The van der Waals surface area contributed by atoms with Gasteiger partial charge in [-0.05, 0) is 68.2 Å². The molecule has 28 heavy (non-hydrogen) atoms. The van der Waals surface area contributed by atoms with Gasteiger partial charge >= 0.3 is 0 Å². The molecule has 1 aromatic heterocycles. The average Bonchev–Trinajstić information content (AvgIpc) is 3.46. The molecule has 0 unspecified atom stereocenters. The van der Waals surface area contributed by atoms with Gasteiger partial charge in [-0.2, -0.15) is 0 Å². The van der Waals surface area contributed by atoms with Crippen LogP contribution in [0.4, 0.5) is 0 Å². The summed E-state index contributed by atoms with van der Waals surface area (Å²) in [6, 6.07) is 14.6. The number of hydrogen-bond donors (Lipinski definition) is 0. The highest BCUT2D eigenvalue weighted by Gasteiger charge is 2.29. The predicted octanol–water partition coefficient (Wildman–Crippen LogP) is 5.02. The van der Waals surface area contributed by atoms with Crippen molar-refractivity contribution in [2.24, 2.45) is 5.92 Å². The Hall–Kier alpha value is -1.65. The van der Waals surface area contributed by atoms with Crippen molar-refractivity contribution in [3.63, 3.8) is 0 Å². The summed E-state index contributed by atoms with van der Waals surface area (Å²) >= 11 is 1.93. The smallest absolute Gasteiger partial charge is 0.219 e. The van der Waals surface area contributed by atoms with Crippen molar-refractivity contribution in [3.8, 4) is 0 Å². The molecule has 1 aromatic carbocycles. The van der Waals surface area contributed by atoms with Gasteiger partial charge in [-0.3, -0.25) is 9.69 Å². The summed E-state index contributed by atoms with van der Waals surface area (Å²) in [5, 5.41) is 0. The van der Waals surface area contributed by atoms with Gasteiger partial charge in [0.15, 0.2) is 0 Å². The van der Waals surface area contributed by atoms with Crippen LogP contribution in [0.2, 0.25) is 0 Å². The maximum absolute atomic E-state index is 11.5. The van der Waals surface area contributed by atoms with Crippen LogP contribution >= 0.6 is 11.3 Å². The van der Waals surface area contributed by atoms with E-state index in [1.807, 2.05) is 16.2 Å². The molecule has 2 aliphatic rings. The zero-order chi connectivity index (χ0) is 19.5. The van der Waals surface area contributed by atoms with Crippen molar-refractivity contribution in [1.82, 2.24) is 9.80 Å². The lowest BCUT2D eigenvalue weighted by atomic mass is 9.90. The quantitative estimate of drug-likeness (QED) is 0.656. The van der Waals surface area contributed by atoms with Crippen molar-refractivity contribution in [3.05, 3.63) is 57.3 Å². The summed E-state index contributed by atoms with van der Waals surface area (Å²) in [4.78, 5) is 19.0. The minimum Gasteiger partial charge on any atom is -0.343 e. The van der Waals surface area contributed by atoms with Crippen LogP contribution in [0.5, 0.6) is 0 Å². The van der Waals surface area contributed by atoms with E-state index in [1.54, 1.807) is 6.92 Å². The Morgan fingerprint density at radius 2 is 1.68 bits per heavy atom. The van der Waals surface area contributed by atoms with E-state index in [2.05, 4.69) is 48.2 Å². The zero-order valence-electron chi connectivity index (χ0n) is 17.2. The Morgan fingerprint density at radius 3 is 2.25 bits per heavy atom. The van der Waals surface area contributed by atoms with Crippen molar-refractivity contribution < 1.29 is 4.79 Å². The largest absolute Gasteiger partial charge is 0.343 e. The average molecular weight is 397 g/mol. The maximum atomic E-state index is 11.5. The molecule has 1 saturated carbocycles. The number of carbonyl (C=O) groups is 1. The summed E-state index contributed by atoms with van der Waals surface area (Å²) in [5.74, 6) is 0.937. The first-order chi connectivity index (χ1) is 13.6. The topological polar surface area (TPSA) is 23.6 Å². The first-order valence-electron chi connectivity index (χ1n) is 10.7. The lowest BCUT2D eigenvalue weighted by Gasteiger charge is -2.31. The Morgan fingerprint density at radius 1 is 1.00 bits per heavy atom. The minimum atomic E-state index is 0.223. The Bertz CT molecular complexity index is 785. The van der Waals surface area contributed by atoms with Crippen LogP contribution in [0.3, 0.4) is 0 Å². The third-order valence-electron chi connectivity index (χ3n) is 6.21. The summed E-state index contributed by atoms with van der Waals surface area (Å²) in [6.07, 6.45) is 6.11. The zero-order valence-corrected chi connectivity index (χ0v) is 18.0. The van der Waals surface area contributed by atoms with E-state index in [9.17, 15) is 4.79 Å². The molecule has 3 nitrogen and oxygen atoms in total. The van der Waals surface area contributed by atoms with Crippen LogP contribution in [-0.2, 0) is 24.3 Å². The first-order valence-corrected chi connectivity index (χ1v) is 11.5. The predicted molar refractivity (Wildman–Crippen MR) is 116 cm³/mol. The highest BCUT2D eigenvalue weighted by molar-refractivity contribution is 7.11. The van der Waals surface area contributed by atoms with Crippen molar-refractivity contribution in [1.29, 1.82) is 0 Å². The molecule has 0 atom stereocenters. The second-order valence-electron chi connectivity index (χ2n) is 8.62. The molecular formula is C24H32N2OS. The van der Waals surface area contributed by atoms with Crippen molar-refractivity contribution in [2.75, 3.05) is 13.1 Å². The van der Waals surface area contributed by atoms with Crippen LogP contribution in [0.25, 0.3) is 0 Å². The number of thiophene rings is 1. The SMILES string of the molecule is CC(=O)N1CCC(Cc2ccc(CN(Cc3ccc(C)s3)C3CC3)cc2)CC1. The molecule has 1 aliphatic heterocycles. The molecule has 0 N–H and O–H groups in total. The van der Waals surface area contributed by atoms with E-state index in [0.717, 1.165) is 51.5 Å². The molecule has 150 valence electrons. The molecule has 0 radical (unpaired) electrons. The van der Waals surface area contributed by atoms with Gasteiger partial charge in [-0.1, -0.05) is 24.3 Å². The second-order valence-corrected chi connectivity index (χ2v) is 9.99. The number of piperidine rings is 1. The normalized spacial score (nSPS) is 18.0. The van der Waals surface area contributed by atoms with Gasteiger partial charge in [-0.25, -0.2) is 0 Å². The van der Waals surface area contributed by atoms with E-state index < -0.39 is 0 Å². The van der Waals surface area contributed by atoms with E-state index >= 15 is 0 Å². The standard InChI is InChI=1S/C24H32N2OS/c1-18-3-10-24(28-18)17-26(23-8-9-23)16-22-6-4-20(5-7-22)15-21-11-13-25(14-12-21)19(2)27/h3-7,10,21,23H,8-9,11-17H2,1-2H3. The van der Waals surface area contributed by atoms with Crippen LogP contribution in [0.1, 0.15) is 53.5 Å². The van der Waals surface area contributed by atoms with Gasteiger partial charge in [0.25, 0.3) is 0 Å². The van der Waals surface area contributed by atoms with Crippen LogP contribution in [-0.4, -0.2) is 34.8 Å². The summed E-state index contributed by atoms with van der Waals surface area (Å²) < 4.78 is 0. The number of likely N-dealkylation sites (tertiary alicyclic amines) is 1. The molecule has 2 aromatic rings. The van der Waals surface area contributed by atoms with E-state index in [-0.39, 0.29) is 5.91 Å². The molecule has 4 rings (SSSR count). The van der Waals surface area contributed by atoms with Crippen LogP contribution < -0.4 is 0 Å². The summed E-state index contributed by atoms with van der Waals surface area (Å²) in [5.41, 5.74) is 2.87. The van der Waals surface area contributed by atoms with E-state index in [4.69, 9.17) is 0 Å². The molecule has 2 heterocycles. The molecule has 2 fully saturated rings. The minimum absolute atomic E-state index is 0.223. The summed E-state index contributed by atoms with van der Waals surface area (Å²) in [6.45, 7) is 7.87. The third kappa shape index (κ3) is 5.24. The van der Waals surface area contributed by atoms with Crippen molar-refractivity contribution >= 4 is 17.2 Å². The van der Waals surface area contributed by atoms with Gasteiger partial charge in [-0.15, -0.1) is 11.3 Å². The summed E-state index contributed by atoms with van der Waals surface area (Å²) in [7, 11) is 0. The Kier molecular flexibility index (Phi) is 6.17. The Labute approximate surface area is 173 Å². The number of benzene rings is 1. The van der Waals surface area contributed by atoms with Crippen LogP contribution in [0, 0.1) is 12.8 Å². The van der Waals surface area contributed by atoms with Crippen molar-refractivity contribution in [2.45, 2.75) is 65.1 Å². The Balaban J connectivity index is 1.30. The highest BCUT2D eigenvalue weighted by atomic mass is 32.1. The lowest BCUT2D eigenvalue weighted by Crippen LogP contribution is -2.37. The van der Waals surface area contributed by atoms with Gasteiger partial charge in [0, 0.05) is 48.9 Å². The maximum Gasteiger partial charge on any atom is 0.219 e. The molecule has 1 saturated heterocycles. The van der Waals surface area contributed by atoms with E-state index in [0.29, 0.717) is 5.92 Å². The monoisotopic (exact) mass is 396 g/mol. The van der Waals surface area contributed by atoms with Gasteiger partial charge in [0.05, 0.1) is 0 Å². The fourth-order valence-corrected chi connectivity index (χ4v) is 5.24. The molecule has 1 amide bonds. The number of rotatable bonds is 7.